The van der Waals surface area contributed by atoms with Gasteiger partial charge in [-0.15, -0.1) is 0 Å². The molecule has 4 heteroatoms. The first-order valence-electron chi connectivity index (χ1n) is 4.30. The summed E-state index contributed by atoms with van der Waals surface area (Å²) in [6, 6.07) is 4.82. The summed E-state index contributed by atoms with van der Waals surface area (Å²) in [4.78, 5) is 0. The van der Waals surface area contributed by atoms with Gasteiger partial charge in [-0.2, -0.15) is 0 Å². The molecule has 0 aliphatic rings. The van der Waals surface area contributed by atoms with Gasteiger partial charge in [0.15, 0.2) is 11.5 Å². The van der Waals surface area contributed by atoms with Gasteiger partial charge in [0.05, 0.1) is 19.8 Å². The highest BCUT2D eigenvalue weighted by Gasteiger charge is 2.08. The van der Waals surface area contributed by atoms with Crippen LogP contribution >= 0.6 is 0 Å². The topological polar surface area (TPSA) is 64.7 Å². The van der Waals surface area contributed by atoms with Crippen molar-refractivity contribution in [2.24, 2.45) is 5.73 Å². The molecule has 14 heavy (non-hydrogen) atoms. The fourth-order valence-corrected chi connectivity index (χ4v) is 1.20. The molecule has 0 saturated carbocycles. The highest BCUT2D eigenvalue weighted by Crippen LogP contribution is 2.28. The standard InChI is InChI=1S/C10H15NO3/c1-13-6-8(11)7-3-4-9(12)10(5-7)14-2/h3-5,8,12H,6,11H2,1-2H3. The molecule has 0 radical (unpaired) electrons. The second kappa shape index (κ2) is 4.83. The molecule has 0 aliphatic carbocycles. The summed E-state index contributed by atoms with van der Waals surface area (Å²) in [5, 5.41) is 9.35. The molecular weight excluding hydrogens is 182 g/mol. The molecule has 0 amide bonds. The molecule has 0 aromatic heterocycles. The highest BCUT2D eigenvalue weighted by atomic mass is 16.5. The van der Waals surface area contributed by atoms with Gasteiger partial charge in [0.25, 0.3) is 0 Å². The van der Waals surface area contributed by atoms with Gasteiger partial charge in [0.2, 0.25) is 0 Å². The SMILES string of the molecule is COCC(N)c1ccc(O)c(OC)c1. The van der Waals surface area contributed by atoms with E-state index in [4.69, 9.17) is 15.2 Å². The zero-order valence-electron chi connectivity index (χ0n) is 8.36. The molecule has 3 N–H and O–H groups in total. The molecule has 78 valence electrons. The van der Waals surface area contributed by atoms with Gasteiger partial charge in [-0.05, 0) is 17.7 Å². The van der Waals surface area contributed by atoms with Gasteiger partial charge in [-0.3, -0.25) is 0 Å². The van der Waals surface area contributed by atoms with Crippen molar-refractivity contribution < 1.29 is 14.6 Å². The zero-order valence-corrected chi connectivity index (χ0v) is 8.36. The summed E-state index contributed by atoms with van der Waals surface area (Å²) in [6.07, 6.45) is 0. The van der Waals surface area contributed by atoms with E-state index in [1.54, 1.807) is 25.3 Å². The molecule has 4 nitrogen and oxygen atoms in total. The van der Waals surface area contributed by atoms with Crippen molar-refractivity contribution in [3.05, 3.63) is 23.8 Å². The number of phenols is 1. The third-order valence-electron chi connectivity index (χ3n) is 1.98. The molecule has 0 spiro atoms. The fraction of sp³-hybridized carbons (Fsp3) is 0.400. The largest absolute Gasteiger partial charge is 0.504 e. The number of benzene rings is 1. The predicted molar refractivity (Wildman–Crippen MR) is 53.5 cm³/mol. The molecular formula is C10H15NO3. The Bertz CT molecular complexity index is 301. The molecule has 1 aromatic rings. The van der Waals surface area contributed by atoms with Gasteiger partial charge < -0.3 is 20.3 Å². The Morgan fingerprint density at radius 1 is 1.43 bits per heavy atom. The number of hydrogen-bond acceptors (Lipinski definition) is 4. The van der Waals surface area contributed by atoms with Crippen LogP contribution in [-0.4, -0.2) is 25.9 Å². The smallest absolute Gasteiger partial charge is 0.160 e. The van der Waals surface area contributed by atoms with Gasteiger partial charge in [0.1, 0.15) is 0 Å². The molecule has 1 atom stereocenters. The number of ether oxygens (including phenoxy) is 2. The van der Waals surface area contributed by atoms with Crippen LogP contribution in [0, 0.1) is 0 Å². The van der Waals surface area contributed by atoms with Crippen LogP contribution in [0.3, 0.4) is 0 Å². The molecule has 0 fully saturated rings. The lowest BCUT2D eigenvalue weighted by molar-refractivity contribution is 0.181. The maximum Gasteiger partial charge on any atom is 0.160 e. The second-order valence-corrected chi connectivity index (χ2v) is 2.99. The third-order valence-corrected chi connectivity index (χ3v) is 1.98. The van der Waals surface area contributed by atoms with Crippen molar-refractivity contribution in [3.63, 3.8) is 0 Å². The third kappa shape index (κ3) is 2.37. The number of hydrogen-bond donors (Lipinski definition) is 2. The Hall–Kier alpha value is -1.26. The maximum atomic E-state index is 9.35. The Kier molecular flexibility index (Phi) is 3.73. The van der Waals surface area contributed by atoms with E-state index in [0.29, 0.717) is 12.4 Å². The lowest BCUT2D eigenvalue weighted by atomic mass is 10.1. The Balaban J connectivity index is 2.88. The van der Waals surface area contributed by atoms with Crippen LogP contribution in [0.4, 0.5) is 0 Å². The first-order chi connectivity index (χ1) is 6.69. The number of aromatic hydroxyl groups is 1. The van der Waals surface area contributed by atoms with E-state index in [1.165, 1.54) is 7.11 Å². The molecule has 0 saturated heterocycles. The van der Waals surface area contributed by atoms with E-state index in [2.05, 4.69) is 0 Å². The lowest BCUT2D eigenvalue weighted by Crippen LogP contribution is -2.15. The zero-order chi connectivity index (χ0) is 10.6. The second-order valence-electron chi connectivity index (χ2n) is 2.99. The summed E-state index contributed by atoms with van der Waals surface area (Å²) in [5.74, 6) is 0.537. The summed E-state index contributed by atoms with van der Waals surface area (Å²) in [5.41, 5.74) is 6.69. The molecule has 1 unspecified atom stereocenters. The van der Waals surface area contributed by atoms with Crippen molar-refractivity contribution in [1.29, 1.82) is 0 Å². The van der Waals surface area contributed by atoms with Crippen LogP contribution in [0.2, 0.25) is 0 Å². The van der Waals surface area contributed by atoms with Crippen LogP contribution in [0.5, 0.6) is 11.5 Å². The van der Waals surface area contributed by atoms with Gasteiger partial charge in [-0.25, -0.2) is 0 Å². The quantitative estimate of drug-likeness (QED) is 0.757. The molecule has 1 aromatic carbocycles. The first-order valence-corrected chi connectivity index (χ1v) is 4.30. The van der Waals surface area contributed by atoms with Gasteiger partial charge in [0, 0.05) is 7.11 Å². The van der Waals surface area contributed by atoms with E-state index in [-0.39, 0.29) is 11.8 Å². The Labute approximate surface area is 83.3 Å². The van der Waals surface area contributed by atoms with Crippen LogP contribution < -0.4 is 10.5 Å². The monoisotopic (exact) mass is 197 g/mol. The number of methoxy groups -OCH3 is 2. The van der Waals surface area contributed by atoms with Crippen LogP contribution in [0.15, 0.2) is 18.2 Å². The Morgan fingerprint density at radius 3 is 2.71 bits per heavy atom. The first kappa shape index (κ1) is 10.8. The molecule has 1 rings (SSSR count). The van der Waals surface area contributed by atoms with E-state index >= 15 is 0 Å². The minimum absolute atomic E-state index is 0.112. The van der Waals surface area contributed by atoms with Crippen molar-refractivity contribution in [1.82, 2.24) is 0 Å². The highest BCUT2D eigenvalue weighted by molar-refractivity contribution is 5.42. The Morgan fingerprint density at radius 2 is 2.14 bits per heavy atom. The van der Waals surface area contributed by atoms with Crippen molar-refractivity contribution in [2.45, 2.75) is 6.04 Å². The number of rotatable bonds is 4. The van der Waals surface area contributed by atoms with Crippen molar-refractivity contribution in [2.75, 3.05) is 20.8 Å². The maximum absolute atomic E-state index is 9.35. The fourth-order valence-electron chi connectivity index (χ4n) is 1.20. The van der Waals surface area contributed by atoms with E-state index in [1.807, 2.05) is 0 Å². The number of phenolic OH excluding ortho intramolecular Hbond substituents is 1. The lowest BCUT2D eigenvalue weighted by Gasteiger charge is -2.12. The minimum atomic E-state index is -0.200. The molecule has 0 bridgehead atoms. The average molecular weight is 197 g/mol. The molecule has 0 aliphatic heterocycles. The summed E-state index contributed by atoms with van der Waals surface area (Å²) in [6.45, 7) is 0.438. The summed E-state index contributed by atoms with van der Waals surface area (Å²) >= 11 is 0. The van der Waals surface area contributed by atoms with E-state index in [0.717, 1.165) is 5.56 Å². The van der Waals surface area contributed by atoms with Crippen LogP contribution in [0.25, 0.3) is 0 Å². The number of nitrogens with two attached hydrogens (primary N) is 1. The average Bonchev–Trinajstić information content (AvgIpc) is 2.19. The van der Waals surface area contributed by atoms with Crippen LogP contribution in [-0.2, 0) is 4.74 Å². The minimum Gasteiger partial charge on any atom is -0.504 e. The van der Waals surface area contributed by atoms with Crippen molar-refractivity contribution >= 4 is 0 Å². The van der Waals surface area contributed by atoms with Gasteiger partial charge >= 0.3 is 0 Å². The van der Waals surface area contributed by atoms with Crippen molar-refractivity contribution in [3.8, 4) is 11.5 Å². The van der Waals surface area contributed by atoms with Gasteiger partial charge in [-0.1, -0.05) is 6.07 Å². The van der Waals surface area contributed by atoms with E-state index < -0.39 is 0 Å². The molecule has 0 heterocycles. The summed E-state index contributed by atoms with van der Waals surface area (Å²) < 4.78 is 9.90. The normalized spacial score (nSPS) is 12.5. The van der Waals surface area contributed by atoms with E-state index in [9.17, 15) is 5.11 Å². The predicted octanol–water partition coefficient (Wildman–Crippen LogP) is 1.05. The van der Waals surface area contributed by atoms with Crippen LogP contribution in [0.1, 0.15) is 11.6 Å². The summed E-state index contributed by atoms with van der Waals surface area (Å²) in [7, 11) is 3.10.